The normalized spacial score (nSPS) is 17.0. The van der Waals surface area contributed by atoms with E-state index >= 15 is 0 Å². The Morgan fingerprint density at radius 3 is 2.46 bits per heavy atom. The first kappa shape index (κ1) is 28.1. The summed E-state index contributed by atoms with van der Waals surface area (Å²) in [6.07, 6.45) is 2.61. The predicted molar refractivity (Wildman–Crippen MR) is 143 cm³/mol. The number of nitrogens with zero attached hydrogens (tertiary/aromatic N) is 2. The molecule has 0 saturated carbocycles. The summed E-state index contributed by atoms with van der Waals surface area (Å²) in [7, 11) is 3.89. The lowest BCUT2D eigenvalue weighted by atomic mass is 9.93. The number of aliphatic hydroxyl groups is 1. The molecule has 1 atom stereocenters. The smallest absolute Gasteiger partial charge is 0.295 e. The first-order valence-electron chi connectivity index (χ1n) is 12.8. The van der Waals surface area contributed by atoms with Gasteiger partial charge < -0.3 is 29.5 Å². The summed E-state index contributed by atoms with van der Waals surface area (Å²) in [4.78, 5) is 30.0. The quantitative estimate of drug-likeness (QED) is 0.186. The van der Waals surface area contributed by atoms with Gasteiger partial charge in [0.15, 0.2) is 11.5 Å². The van der Waals surface area contributed by atoms with Gasteiger partial charge in [0.2, 0.25) is 0 Å². The number of Topliss-reactive ketones (excluding diaryl/α,β-unsaturated/α-hetero) is 1. The Morgan fingerprint density at radius 2 is 1.81 bits per heavy atom. The molecular weight excluding hydrogens is 472 g/mol. The van der Waals surface area contributed by atoms with E-state index in [1.807, 2.05) is 32.0 Å². The van der Waals surface area contributed by atoms with E-state index in [1.54, 1.807) is 31.2 Å². The van der Waals surface area contributed by atoms with Gasteiger partial charge in [0, 0.05) is 12.1 Å². The van der Waals surface area contributed by atoms with Crippen molar-refractivity contribution in [1.29, 1.82) is 0 Å². The molecule has 37 heavy (non-hydrogen) atoms. The number of carbonyl (C=O) groups is 2. The van der Waals surface area contributed by atoms with Crippen LogP contribution in [0.1, 0.15) is 55.8 Å². The Morgan fingerprint density at radius 1 is 1.05 bits per heavy atom. The van der Waals surface area contributed by atoms with E-state index in [0.29, 0.717) is 43.1 Å². The topological polar surface area (TPSA) is 99.5 Å². The number of amides is 1. The zero-order valence-electron chi connectivity index (χ0n) is 22.4. The maximum Gasteiger partial charge on any atom is 0.295 e. The van der Waals surface area contributed by atoms with Gasteiger partial charge in [-0.25, -0.2) is 0 Å². The maximum absolute atomic E-state index is 13.3. The number of phenolic OH excluding ortho intramolecular Hbond substituents is 1. The van der Waals surface area contributed by atoms with Crippen LogP contribution in [0.5, 0.6) is 17.2 Å². The van der Waals surface area contributed by atoms with Gasteiger partial charge in [-0.05, 0) is 88.8 Å². The van der Waals surface area contributed by atoms with Crippen LogP contribution in [0, 0.1) is 6.92 Å². The lowest BCUT2D eigenvalue weighted by molar-refractivity contribution is -0.139. The number of likely N-dealkylation sites (tertiary alicyclic amines) is 1. The Hall–Kier alpha value is -3.52. The number of benzene rings is 2. The first-order valence-corrected chi connectivity index (χ1v) is 12.8. The summed E-state index contributed by atoms with van der Waals surface area (Å²) in [6, 6.07) is 9.23. The standard InChI is InChI=1S/C29H38N2O6/c1-6-8-16-37-21-11-12-22(19(3)17-21)27(33)25-26(20-10-13-23(32)24(18-20)36-7-2)31(29(35)28(25)34)15-9-14-30(4)5/h10-13,17-18,26,32-33H,6-9,14-16H2,1-5H3/b27-25-. The van der Waals surface area contributed by atoms with Crippen LogP contribution in [-0.4, -0.2) is 72.1 Å². The lowest BCUT2D eigenvalue weighted by Gasteiger charge is -2.26. The van der Waals surface area contributed by atoms with Crippen LogP contribution < -0.4 is 9.47 Å². The first-order chi connectivity index (χ1) is 17.7. The van der Waals surface area contributed by atoms with Gasteiger partial charge in [-0.2, -0.15) is 0 Å². The zero-order valence-corrected chi connectivity index (χ0v) is 22.4. The third-order valence-electron chi connectivity index (χ3n) is 6.36. The van der Waals surface area contributed by atoms with Gasteiger partial charge in [-0.3, -0.25) is 9.59 Å². The average molecular weight is 511 g/mol. The third-order valence-corrected chi connectivity index (χ3v) is 6.36. The van der Waals surface area contributed by atoms with Crippen molar-refractivity contribution in [3.63, 3.8) is 0 Å². The number of hydrogen-bond donors (Lipinski definition) is 2. The molecule has 1 saturated heterocycles. The minimum Gasteiger partial charge on any atom is -0.507 e. The molecule has 1 aliphatic rings. The van der Waals surface area contributed by atoms with Crippen LogP contribution in [-0.2, 0) is 9.59 Å². The van der Waals surface area contributed by atoms with Gasteiger partial charge in [0.1, 0.15) is 11.5 Å². The number of aryl methyl sites for hydroxylation is 1. The van der Waals surface area contributed by atoms with Crippen molar-refractivity contribution in [3.05, 3.63) is 58.7 Å². The molecule has 3 rings (SSSR count). The average Bonchev–Trinajstić information content (AvgIpc) is 3.10. The Bertz CT molecular complexity index is 1160. The Balaban J connectivity index is 2.09. The van der Waals surface area contributed by atoms with E-state index < -0.39 is 17.7 Å². The summed E-state index contributed by atoms with van der Waals surface area (Å²) in [5.41, 5.74) is 1.78. The number of aliphatic hydroxyl groups excluding tert-OH is 1. The molecule has 2 aromatic carbocycles. The number of ether oxygens (including phenoxy) is 2. The highest BCUT2D eigenvalue weighted by Gasteiger charge is 2.46. The monoisotopic (exact) mass is 510 g/mol. The molecule has 0 aliphatic carbocycles. The second-order valence-electron chi connectivity index (χ2n) is 9.49. The summed E-state index contributed by atoms with van der Waals surface area (Å²) in [5, 5.41) is 21.7. The molecule has 1 fully saturated rings. The van der Waals surface area contributed by atoms with E-state index in [9.17, 15) is 19.8 Å². The second-order valence-corrected chi connectivity index (χ2v) is 9.49. The maximum atomic E-state index is 13.3. The predicted octanol–water partition coefficient (Wildman–Crippen LogP) is 4.65. The number of rotatable bonds is 12. The minimum atomic E-state index is -0.818. The molecule has 2 N–H and O–H groups in total. The summed E-state index contributed by atoms with van der Waals surface area (Å²) < 4.78 is 11.3. The lowest BCUT2D eigenvalue weighted by Crippen LogP contribution is -2.32. The van der Waals surface area contributed by atoms with E-state index in [-0.39, 0.29) is 22.8 Å². The van der Waals surface area contributed by atoms with Gasteiger partial charge in [-0.1, -0.05) is 19.4 Å². The largest absolute Gasteiger partial charge is 0.507 e. The fraction of sp³-hybridized carbons (Fsp3) is 0.448. The molecule has 1 aliphatic heterocycles. The summed E-state index contributed by atoms with van der Waals surface area (Å²) in [5.74, 6) is -0.729. The van der Waals surface area contributed by atoms with Crippen LogP contribution in [0.15, 0.2) is 42.0 Å². The molecule has 8 nitrogen and oxygen atoms in total. The van der Waals surface area contributed by atoms with Gasteiger partial charge >= 0.3 is 0 Å². The minimum absolute atomic E-state index is 0.0192. The van der Waals surface area contributed by atoms with Crippen LogP contribution in [0.2, 0.25) is 0 Å². The Kier molecular flexibility index (Phi) is 9.58. The van der Waals surface area contributed by atoms with Crippen molar-refractivity contribution in [3.8, 4) is 17.2 Å². The molecule has 0 radical (unpaired) electrons. The van der Waals surface area contributed by atoms with Crippen molar-refractivity contribution in [2.45, 2.75) is 46.1 Å². The number of aromatic hydroxyl groups is 1. The highest BCUT2D eigenvalue weighted by atomic mass is 16.5. The number of hydrogen-bond acceptors (Lipinski definition) is 7. The van der Waals surface area contributed by atoms with Crippen molar-refractivity contribution in [2.24, 2.45) is 0 Å². The Labute approximate surface area is 219 Å². The molecule has 1 amide bonds. The van der Waals surface area contributed by atoms with Crippen molar-refractivity contribution >= 4 is 17.4 Å². The fourth-order valence-electron chi connectivity index (χ4n) is 4.46. The summed E-state index contributed by atoms with van der Waals surface area (Å²) >= 11 is 0. The molecule has 0 aromatic heterocycles. The molecule has 8 heteroatoms. The van der Waals surface area contributed by atoms with E-state index in [0.717, 1.165) is 24.9 Å². The fourth-order valence-corrected chi connectivity index (χ4v) is 4.46. The molecule has 1 heterocycles. The molecule has 2 aromatic rings. The SMILES string of the molecule is CCCCOc1ccc(/C(O)=C2/C(=O)C(=O)N(CCCN(C)C)C2c2ccc(O)c(OCC)c2)c(C)c1. The molecule has 1 unspecified atom stereocenters. The second kappa shape index (κ2) is 12.6. The third kappa shape index (κ3) is 6.43. The molecule has 0 bridgehead atoms. The van der Waals surface area contributed by atoms with Crippen LogP contribution in [0.3, 0.4) is 0 Å². The van der Waals surface area contributed by atoms with Crippen molar-refractivity contribution in [1.82, 2.24) is 9.80 Å². The number of phenols is 1. The number of unbranched alkanes of at least 4 members (excludes halogenated alkanes) is 1. The van der Waals surface area contributed by atoms with E-state index in [1.165, 1.54) is 11.0 Å². The van der Waals surface area contributed by atoms with Crippen molar-refractivity contribution < 1.29 is 29.3 Å². The highest BCUT2D eigenvalue weighted by molar-refractivity contribution is 6.46. The van der Waals surface area contributed by atoms with Crippen LogP contribution in [0.4, 0.5) is 0 Å². The van der Waals surface area contributed by atoms with Gasteiger partial charge in [-0.15, -0.1) is 0 Å². The number of carbonyl (C=O) groups excluding carboxylic acids is 2. The van der Waals surface area contributed by atoms with E-state index in [2.05, 4.69) is 6.92 Å². The zero-order chi connectivity index (χ0) is 27.1. The molecule has 200 valence electrons. The van der Waals surface area contributed by atoms with E-state index in [4.69, 9.17) is 9.47 Å². The van der Waals surface area contributed by atoms with Gasteiger partial charge in [0.25, 0.3) is 11.7 Å². The molecular formula is C29H38N2O6. The van der Waals surface area contributed by atoms with Crippen LogP contribution in [0.25, 0.3) is 5.76 Å². The van der Waals surface area contributed by atoms with Crippen LogP contribution >= 0.6 is 0 Å². The highest BCUT2D eigenvalue weighted by Crippen LogP contribution is 2.42. The summed E-state index contributed by atoms with van der Waals surface area (Å²) in [6.45, 7) is 7.73. The number of ketones is 1. The molecule has 0 spiro atoms. The van der Waals surface area contributed by atoms with Crippen molar-refractivity contribution in [2.75, 3.05) is 40.4 Å². The van der Waals surface area contributed by atoms with Gasteiger partial charge in [0.05, 0.1) is 24.8 Å².